The molecular formula is C8H7F4NO. The molecule has 1 heterocycles. The minimum absolute atomic E-state index is 0.0101. The summed E-state index contributed by atoms with van der Waals surface area (Å²) in [6, 6.07) is 0. The standard InChI is InChI=1S/C8H7F4NO/c9-7(10)8(11,12)5-14-6-3-1-2-4-13-6/h1,3-4,7,13H,5H2. The van der Waals surface area contributed by atoms with Crippen LogP contribution in [0.3, 0.4) is 0 Å². The van der Waals surface area contributed by atoms with Gasteiger partial charge in [0.15, 0.2) is 12.5 Å². The van der Waals surface area contributed by atoms with Gasteiger partial charge in [0.25, 0.3) is 0 Å². The van der Waals surface area contributed by atoms with Gasteiger partial charge in [0.2, 0.25) is 0 Å². The number of ether oxygens (including phenoxy) is 1. The number of rotatable bonds is 4. The summed E-state index contributed by atoms with van der Waals surface area (Å²) in [6.45, 7) is -1.36. The highest BCUT2D eigenvalue weighted by atomic mass is 19.3. The van der Waals surface area contributed by atoms with Gasteiger partial charge in [0.05, 0.1) is 0 Å². The summed E-state index contributed by atoms with van der Waals surface area (Å²) in [4.78, 5) is 0. The Labute approximate surface area is 77.5 Å². The molecule has 6 heteroatoms. The molecule has 1 N–H and O–H groups in total. The van der Waals surface area contributed by atoms with E-state index in [0.717, 1.165) is 0 Å². The number of hydrogen-bond donors (Lipinski definition) is 1. The van der Waals surface area contributed by atoms with E-state index >= 15 is 0 Å². The van der Waals surface area contributed by atoms with Crippen molar-refractivity contribution in [3.05, 3.63) is 30.0 Å². The van der Waals surface area contributed by atoms with E-state index in [2.05, 4.69) is 15.8 Å². The van der Waals surface area contributed by atoms with Crippen molar-refractivity contribution >= 4 is 0 Å². The Hall–Kier alpha value is -1.42. The molecule has 1 rings (SSSR count). The van der Waals surface area contributed by atoms with Crippen molar-refractivity contribution < 1.29 is 22.3 Å². The minimum Gasteiger partial charge on any atom is -0.472 e. The van der Waals surface area contributed by atoms with Crippen LogP contribution in [0.5, 0.6) is 0 Å². The minimum atomic E-state index is -4.13. The highest BCUT2D eigenvalue weighted by molar-refractivity contribution is 5.12. The van der Waals surface area contributed by atoms with E-state index in [4.69, 9.17) is 0 Å². The van der Waals surface area contributed by atoms with E-state index in [9.17, 15) is 17.6 Å². The molecule has 14 heavy (non-hydrogen) atoms. The van der Waals surface area contributed by atoms with Gasteiger partial charge in [-0.1, -0.05) is 0 Å². The first-order chi connectivity index (χ1) is 6.52. The molecule has 0 aromatic carbocycles. The van der Waals surface area contributed by atoms with Crippen molar-refractivity contribution in [1.29, 1.82) is 0 Å². The maximum Gasteiger partial charge on any atom is 0.340 e. The maximum absolute atomic E-state index is 12.3. The molecule has 0 aliphatic carbocycles. The van der Waals surface area contributed by atoms with Gasteiger partial charge in [-0.25, -0.2) is 8.78 Å². The van der Waals surface area contributed by atoms with Crippen LogP contribution in [0.1, 0.15) is 0 Å². The molecule has 0 atom stereocenters. The zero-order valence-electron chi connectivity index (χ0n) is 6.94. The largest absolute Gasteiger partial charge is 0.472 e. The smallest absolute Gasteiger partial charge is 0.340 e. The third kappa shape index (κ3) is 2.81. The van der Waals surface area contributed by atoms with Crippen molar-refractivity contribution in [2.75, 3.05) is 6.61 Å². The molecule has 0 aromatic rings. The molecule has 0 amide bonds. The Morgan fingerprint density at radius 2 is 2.21 bits per heavy atom. The van der Waals surface area contributed by atoms with Crippen LogP contribution >= 0.6 is 0 Å². The lowest BCUT2D eigenvalue weighted by Gasteiger charge is -2.17. The summed E-state index contributed by atoms with van der Waals surface area (Å²) in [5, 5.41) is 2.42. The van der Waals surface area contributed by atoms with Crippen LogP contribution in [0.4, 0.5) is 17.6 Å². The van der Waals surface area contributed by atoms with Crippen LogP contribution in [0.25, 0.3) is 0 Å². The van der Waals surface area contributed by atoms with E-state index in [1.54, 1.807) is 0 Å². The molecule has 0 saturated heterocycles. The fraction of sp³-hybridized carbons (Fsp3) is 0.375. The SMILES string of the molecule is FC(F)C(F)(F)COC1=CC=C=CN1. The molecule has 0 fully saturated rings. The summed E-state index contributed by atoms with van der Waals surface area (Å²) in [5.74, 6) is -4.14. The molecule has 0 bridgehead atoms. The van der Waals surface area contributed by atoms with Crippen LogP contribution in [0.2, 0.25) is 0 Å². The second-order valence-corrected chi connectivity index (χ2v) is 2.50. The fourth-order valence-electron chi connectivity index (χ4n) is 0.660. The monoisotopic (exact) mass is 209 g/mol. The van der Waals surface area contributed by atoms with Crippen LogP contribution in [0.15, 0.2) is 30.0 Å². The molecule has 0 saturated carbocycles. The van der Waals surface area contributed by atoms with E-state index in [1.165, 1.54) is 18.4 Å². The maximum atomic E-state index is 12.3. The molecule has 0 aromatic heterocycles. The lowest BCUT2D eigenvalue weighted by atomic mass is 10.4. The number of halogens is 4. The van der Waals surface area contributed by atoms with Gasteiger partial charge >= 0.3 is 12.3 Å². The number of alkyl halides is 4. The highest BCUT2D eigenvalue weighted by Gasteiger charge is 2.41. The summed E-state index contributed by atoms with van der Waals surface area (Å²) >= 11 is 0. The predicted octanol–water partition coefficient (Wildman–Crippen LogP) is 2.02. The lowest BCUT2D eigenvalue weighted by molar-refractivity contribution is -0.158. The topological polar surface area (TPSA) is 21.3 Å². The molecule has 0 spiro atoms. The molecule has 1 aliphatic heterocycles. The van der Waals surface area contributed by atoms with Crippen LogP contribution in [-0.4, -0.2) is 19.0 Å². The quantitative estimate of drug-likeness (QED) is 0.565. The zero-order valence-corrected chi connectivity index (χ0v) is 6.94. The van der Waals surface area contributed by atoms with Crippen molar-refractivity contribution in [3.8, 4) is 0 Å². The first-order valence-electron chi connectivity index (χ1n) is 3.69. The van der Waals surface area contributed by atoms with Gasteiger partial charge in [-0.15, -0.1) is 5.73 Å². The van der Waals surface area contributed by atoms with Gasteiger partial charge in [0.1, 0.15) is 0 Å². The number of allylic oxidation sites excluding steroid dienone is 2. The van der Waals surface area contributed by atoms with Crippen molar-refractivity contribution in [2.45, 2.75) is 12.3 Å². The molecule has 0 radical (unpaired) electrons. The first-order valence-corrected chi connectivity index (χ1v) is 3.69. The summed E-state index contributed by atoms with van der Waals surface area (Å²) < 4.78 is 52.4. The van der Waals surface area contributed by atoms with Gasteiger partial charge < -0.3 is 10.1 Å². The Morgan fingerprint density at radius 3 is 2.71 bits per heavy atom. The van der Waals surface area contributed by atoms with Gasteiger partial charge in [-0.3, -0.25) is 0 Å². The molecule has 1 aliphatic rings. The zero-order chi connectivity index (χ0) is 10.6. The highest BCUT2D eigenvalue weighted by Crippen LogP contribution is 2.23. The Balaban J connectivity index is 2.41. The number of hydrogen-bond acceptors (Lipinski definition) is 2. The fourth-order valence-corrected chi connectivity index (χ4v) is 0.660. The summed E-state index contributed by atoms with van der Waals surface area (Å²) in [5.41, 5.74) is 2.58. The number of nitrogens with one attached hydrogen (secondary N) is 1. The van der Waals surface area contributed by atoms with Gasteiger partial charge in [0, 0.05) is 12.3 Å². The lowest BCUT2D eigenvalue weighted by Crippen LogP contribution is -2.33. The Bertz CT molecular complexity index is 292. The summed E-state index contributed by atoms with van der Waals surface area (Å²) in [7, 11) is 0. The molecule has 2 nitrogen and oxygen atoms in total. The van der Waals surface area contributed by atoms with Gasteiger partial charge in [-0.2, -0.15) is 8.78 Å². The van der Waals surface area contributed by atoms with Crippen LogP contribution in [-0.2, 0) is 4.74 Å². The van der Waals surface area contributed by atoms with Gasteiger partial charge in [-0.05, 0) is 6.08 Å². The molecule has 78 valence electrons. The van der Waals surface area contributed by atoms with Crippen molar-refractivity contribution in [3.63, 3.8) is 0 Å². The van der Waals surface area contributed by atoms with E-state index in [1.807, 2.05) is 0 Å². The van der Waals surface area contributed by atoms with Crippen molar-refractivity contribution in [1.82, 2.24) is 5.32 Å². The normalized spacial score (nSPS) is 15.4. The van der Waals surface area contributed by atoms with E-state index in [-0.39, 0.29) is 5.88 Å². The second-order valence-electron chi connectivity index (χ2n) is 2.50. The first kappa shape index (κ1) is 10.7. The van der Waals surface area contributed by atoms with Crippen LogP contribution in [0, 0.1) is 0 Å². The van der Waals surface area contributed by atoms with Crippen LogP contribution < -0.4 is 5.32 Å². The molecular weight excluding hydrogens is 202 g/mol. The average molecular weight is 209 g/mol. The second kappa shape index (κ2) is 4.19. The molecule has 0 unspecified atom stereocenters. The Morgan fingerprint density at radius 1 is 1.50 bits per heavy atom. The van der Waals surface area contributed by atoms with E-state index in [0.29, 0.717) is 0 Å². The third-order valence-corrected chi connectivity index (χ3v) is 1.37. The Kier molecular flexibility index (Phi) is 3.19. The summed E-state index contributed by atoms with van der Waals surface area (Å²) in [6.07, 6.45) is 0.307. The van der Waals surface area contributed by atoms with Crippen molar-refractivity contribution in [2.24, 2.45) is 0 Å². The predicted molar refractivity (Wildman–Crippen MR) is 40.8 cm³/mol. The van der Waals surface area contributed by atoms with E-state index < -0.39 is 19.0 Å². The average Bonchev–Trinajstić information content (AvgIpc) is 2.16. The third-order valence-electron chi connectivity index (χ3n) is 1.37.